The molecule has 1 heterocycles. The third kappa shape index (κ3) is 3.53. The van der Waals surface area contributed by atoms with Crippen LogP contribution in [0.5, 0.6) is 0 Å². The minimum absolute atomic E-state index is 0.114. The fourth-order valence-electron chi connectivity index (χ4n) is 3.70. The van der Waals surface area contributed by atoms with E-state index in [0.29, 0.717) is 6.42 Å². The SMILES string of the molecule is C[C@]1(NS(=O)(=O)CC[C@@H]2CCCO2)CCCc2ccccc21. The van der Waals surface area contributed by atoms with E-state index in [0.717, 1.165) is 44.3 Å². The maximum atomic E-state index is 12.5. The molecule has 1 aliphatic heterocycles. The van der Waals surface area contributed by atoms with E-state index >= 15 is 0 Å². The number of nitrogens with one attached hydrogen (secondary N) is 1. The molecule has 1 aromatic rings. The molecule has 1 N–H and O–H groups in total. The highest BCUT2D eigenvalue weighted by molar-refractivity contribution is 7.89. The molecule has 2 atom stereocenters. The molecule has 1 saturated heterocycles. The first-order valence-electron chi connectivity index (χ1n) is 8.20. The molecule has 0 spiro atoms. The largest absolute Gasteiger partial charge is 0.378 e. The summed E-state index contributed by atoms with van der Waals surface area (Å²) in [4.78, 5) is 0. The Balaban J connectivity index is 1.71. The number of benzene rings is 1. The topological polar surface area (TPSA) is 55.4 Å². The quantitative estimate of drug-likeness (QED) is 0.906. The molecule has 1 fully saturated rings. The summed E-state index contributed by atoms with van der Waals surface area (Å²) >= 11 is 0. The molecule has 5 heteroatoms. The van der Waals surface area contributed by atoms with Crippen molar-refractivity contribution in [2.45, 2.75) is 57.1 Å². The number of aryl methyl sites for hydroxylation is 1. The van der Waals surface area contributed by atoms with E-state index in [9.17, 15) is 8.42 Å². The van der Waals surface area contributed by atoms with Gasteiger partial charge in [-0.1, -0.05) is 24.3 Å². The molecule has 0 amide bonds. The van der Waals surface area contributed by atoms with E-state index < -0.39 is 15.6 Å². The van der Waals surface area contributed by atoms with Crippen molar-refractivity contribution in [3.8, 4) is 0 Å². The highest BCUT2D eigenvalue weighted by atomic mass is 32.2. The molecule has 3 rings (SSSR count). The van der Waals surface area contributed by atoms with Crippen LogP contribution in [0.25, 0.3) is 0 Å². The van der Waals surface area contributed by atoms with Gasteiger partial charge in [0.25, 0.3) is 0 Å². The Hall–Kier alpha value is -0.910. The molecule has 4 nitrogen and oxygen atoms in total. The maximum absolute atomic E-state index is 12.5. The number of rotatable bonds is 5. The van der Waals surface area contributed by atoms with Crippen LogP contribution in [0.4, 0.5) is 0 Å². The fraction of sp³-hybridized carbons (Fsp3) is 0.647. The van der Waals surface area contributed by atoms with E-state index in [2.05, 4.69) is 16.9 Å². The van der Waals surface area contributed by atoms with Crippen molar-refractivity contribution in [2.75, 3.05) is 12.4 Å². The molecule has 1 aliphatic carbocycles. The van der Waals surface area contributed by atoms with E-state index in [-0.39, 0.29) is 11.9 Å². The number of sulfonamides is 1. The lowest BCUT2D eigenvalue weighted by atomic mass is 9.79. The minimum Gasteiger partial charge on any atom is -0.378 e. The monoisotopic (exact) mass is 323 g/mol. The summed E-state index contributed by atoms with van der Waals surface area (Å²) in [7, 11) is -3.30. The number of fused-ring (bicyclic) bond motifs is 1. The standard InChI is InChI=1S/C17H25NO3S/c1-17(11-4-7-14-6-2-3-9-16(14)17)18-22(19,20)13-10-15-8-5-12-21-15/h2-3,6,9,15,18H,4-5,7-8,10-13H2,1H3/t15-,17-/m0/s1. The predicted molar refractivity (Wildman–Crippen MR) is 87.2 cm³/mol. The Bertz CT molecular complexity index is 623. The van der Waals surface area contributed by atoms with Crippen LogP contribution in [0.2, 0.25) is 0 Å². The smallest absolute Gasteiger partial charge is 0.212 e. The molecule has 0 bridgehead atoms. The average molecular weight is 323 g/mol. The van der Waals surface area contributed by atoms with Crippen molar-refractivity contribution >= 4 is 10.0 Å². The van der Waals surface area contributed by atoms with Gasteiger partial charge in [0.15, 0.2) is 0 Å². The highest BCUT2D eigenvalue weighted by Gasteiger charge is 2.35. The second-order valence-corrected chi connectivity index (χ2v) is 8.53. The van der Waals surface area contributed by atoms with Gasteiger partial charge in [0.2, 0.25) is 10.0 Å². The van der Waals surface area contributed by atoms with Crippen molar-refractivity contribution < 1.29 is 13.2 Å². The van der Waals surface area contributed by atoms with Gasteiger partial charge in [-0.3, -0.25) is 0 Å². The molecule has 0 saturated carbocycles. The van der Waals surface area contributed by atoms with Crippen LogP contribution in [0, 0.1) is 0 Å². The zero-order valence-electron chi connectivity index (χ0n) is 13.2. The molecule has 0 unspecified atom stereocenters. The van der Waals surface area contributed by atoms with Gasteiger partial charge < -0.3 is 4.74 Å². The molecular weight excluding hydrogens is 298 g/mol. The summed E-state index contributed by atoms with van der Waals surface area (Å²) in [6.45, 7) is 2.78. The van der Waals surface area contributed by atoms with Crippen molar-refractivity contribution in [3.63, 3.8) is 0 Å². The zero-order valence-corrected chi connectivity index (χ0v) is 14.0. The molecule has 22 heavy (non-hydrogen) atoms. The van der Waals surface area contributed by atoms with Gasteiger partial charge in [0.1, 0.15) is 0 Å². The van der Waals surface area contributed by atoms with E-state index in [1.165, 1.54) is 5.56 Å². The van der Waals surface area contributed by atoms with E-state index in [1.807, 2.05) is 19.1 Å². The lowest BCUT2D eigenvalue weighted by Gasteiger charge is -2.36. The van der Waals surface area contributed by atoms with Crippen molar-refractivity contribution in [2.24, 2.45) is 0 Å². The van der Waals surface area contributed by atoms with Crippen LogP contribution in [-0.4, -0.2) is 26.9 Å². The lowest BCUT2D eigenvalue weighted by molar-refractivity contribution is 0.108. The maximum Gasteiger partial charge on any atom is 0.212 e. The third-order valence-electron chi connectivity index (χ3n) is 4.85. The molecule has 0 radical (unpaired) electrons. The van der Waals surface area contributed by atoms with E-state index in [4.69, 9.17) is 4.74 Å². The first kappa shape index (κ1) is 16.0. The molecule has 1 aromatic carbocycles. The molecular formula is C17H25NO3S. The van der Waals surface area contributed by atoms with Gasteiger partial charge in [-0.05, 0) is 56.6 Å². The van der Waals surface area contributed by atoms with Crippen LogP contribution < -0.4 is 4.72 Å². The average Bonchev–Trinajstić information content (AvgIpc) is 2.98. The van der Waals surface area contributed by atoms with Gasteiger partial charge in [0, 0.05) is 6.61 Å². The Labute approximate surface area is 133 Å². The number of hydrogen-bond donors (Lipinski definition) is 1. The number of ether oxygens (including phenoxy) is 1. The van der Waals surface area contributed by atoms with Gasteiger partial charge in [0.05, 0.1) is 17.4 Å². The van der Waals surface area contributed by atoms with E-state index in [1.54, 1.807) is 0 Å². The van der Waals surface area contributed by atoms with Crippen molar-refractivity contribution in [3.05, 3.63) is 35.4 Å². The van der Waals surface area contributed by atoms with Crippen molar-refractivity contribution in [1.82, 2.24) is 4.72 Å². The summed E-state index contributed by atoms with van der Waals surface area (Å²) in [6, 6.07) is 8.17. The second-order valence-electron chi connectivity index (χ2n) is 6.69. The van der Waals surface area contributed by atoms with Gasteiger partial charge in [-0.15, -0.1) is 0 Å². The van der Waals surface area contributed by atoms with Crippen LogP contribution in [0.3, 0.4) is 0 Å². The van der Waals surface area contributed by atoms with Gasteiger partial charge >= 0.3 is 0 Å². The summed E-state index contributed by atoms with van der Waals surface area (Å²) in [5.41, 5.74) is 1.91. The Morgan fingerprint density at radius 1 is 1.32 bits per heavy atom. The first-order chi connectivity index (χ1) is 10.5. The predicted octanol–water partition coefficient (Wildman–Crippen LogP) is 2.73. The summed E-state index contributed by atoms with van der Waals surface area (Å²) < 4.78 is 33.5. The zero-order chi connectivity index (χ0) is 15.6. The minimum atomic E-state index is -3.30. The number of hydrogen-bond acceptors (Lipinski definition) is 3. The van der Waals surface area contributed by atoms with Crippen LogP contribution in [0.1, 0.15) is 50.2 Å². The van der Waals surface area contributed by atoms with Crippen LogP contribution in [0.15, 0.2) is 24.3 Å². The van der Waals surface area contributed by atoms with Crippen LogP contribution in [-0.2, 0) is 26.7 Å². The first-order valence-corrected chi connectivity index (χ1v) is 9.85. The molecule has 2 aliphatic rings. The molecule has 0 aromatic heterocycles. The summed E-state index contributed by atoms with van der Waals surface area (Å²) in [5.74, 6) is 0.148. The van der Waals surface area contributed by atoms with Crippen LogP contribution >= 0.6 is 0 Å². The van der Waals surface area contributed by atoms with Gasteiger partial charge in [-0.25, -0.2) is 13.1 Å². The fourth-order valence-corrected chi connectivity index (χ4v) is 5.28. The highest BCUT2D eigenvalue weighted by Crippen LogP contribution is 2.35. The Morgan fingerprint density at radius 3 is 2.91 bits per heavy atom. The summed E-state index contributed by atoms with van der Waals surface area (Å²) in [6.07, 6.45) is 5.63. The summed E-state index contributed by atoms with van der Waals surface area (Å²) in [5, 5.41) is 0. The Kier molecular flexibility index (Phi) is 4.57. The Morgan fingerprint density at radius 2 is 2.14 bits per heavy atom. The molecule has 122 valence electrons. The lowest BCUT2D eigenvalue weighted by Crippen LogP contribution is -2.46. The van der Waals surface area contributed by atoms with Gasteiger partial charge in [-0.2, -0.15) is 0 Å². The second kappa shape index (κ2) is 6.30. The normalized spacial score (nSPS) is 28.5. The van der Waals surface area contributed by atoms with Crippen molar-refractivity contribution in [1.29, 1.82) is 0 Å². The third-order valence-corrected chi connectivity index (χ3v) is 6.38.